The van der Waals surface area contributed by atoms with Crippen LogP contribution in [0.2, 0.25) is 5.02 Å². The molecule has 0 unspecified atom stereocenters. The van der Waals surface area contributed by atoms with Gasteiger partial charge in [0.1, 0.15) is 5.71 Å². The zero-order chi connectivity index (χ0) is 15.0. The predicted octanol–water partition coefficient (Wildman–Crippen LogP) is 5.13. The van der Waals surface area contributed by atoms with Crippen molar-refractivity contribution < 1.29 is 13.2 Å². The second-order valence-corrected chi connectivity index (χ2v) is 5.04. The molecule has 2 aromatic rings. The summed E-state index contributed by atoms with van der Waals surface area (Å²) < 4.78 is 39.0. The molecule has 0 aromatic heterocycles. The number of rotatable bonds is 1. The standard InChI is InChI=1S/C15H10ClF3N2/c16-10-5-7-11(8-6-10)21-9-14(15(17,18)19)20-12-3-1-2-4-13(12)21/h1-8H,9H2. The van der Waals surface area contributed by atoms with E-state index in [1.807, 2.05) is 0 Å². The van der Waals surface area contributed by atoms with Gasteiger partial charge in [-0.3, -0.25) is 0 Å². The summed E-state index contributed by atoms with van der Waals surface area (Å²) in [5.74, 6) is 0. The van der Waals surface area contributed by atoms with E-state index in [4.69, 9.17) is 11.6 Å². The van der Waals surface area contributed by atoms with Gasteiger partial charge in [0.15, 0.2) is 0 Å². The number of para-hydroxylation sites is 2. The largest absolute Gasteiger partial charge is 0.431 e. The molecule has 0 amide bonds. The topological polar surface area (TPSA) is 15.6 Å². The lowest BCUT2D eigenvalue weighted by molar-refractivity contribution is -0.0596. The van der Waals surface area contributed by atoms with Crippen LogP contribution in [0.4, 0.5) is 30.2 Å². The molecule has 0 spiro atoms. The molecule has 21 heavy (non-hydrogen) atoms. The monoisotopic (exact) mass is 310 g/mol. The van der Waals surface area contributed by atoms with E-state index in [9.17, 15) is 13.2 Å². The van der Waals surface area contributed by atoms with E-state index in [0.717, 1.165) is 0 Å². The fourth-order valence-electron chi connectivity index (χ4n) is 2.21. The van der Waals surface area contributed by atoms with E-state index in [2.05, 4.69) is 4.99 Å². The van der Waals surface area contributed by atoms with Crippen LogP contribution in [0.5, 0.6) is 0 Å². The zero-order valence-corrected chi connectivity index (χ0v) is 11.5. The maximum atomic E-state index is 13.0. The van der Waals surface area contributed by atoms with Gasteiger partial charge >= 0.3 is 6.18 Å². The van der Waals surface area contributed by atoms with Crippen LogP contribution in [-0.2, 0) is 0 Å². The number of alkyl halides is 3. The van der Waals surface area contributed by atoms with E-state index in [0.29, 0.717) is 22.1 Å². The number of hydrogen-bond acceptors (Lipinski definition) is 2. The Hall–Kier alpha value is -2.01. The lowest BCUT2D eigenvalue weighted by Gasteiger charge is -2.31. The van der Waals surface area contributed by atoms with E-state index in [1.165, 1.54) is 0 Å². The van der Waals surface area contributed by atoms with Gasteiger partial charge < -0.3 is 4.90 Å². The number of nitrogens with zero attached hydrogens (tertiary/aromatic N) is 2. The van der Waals surface area contributed by atoms with Gasteiger partial charge in [0.05, 0.1) is 17.9 Å². The molecular weight excluding hydrogens is 301 g/mol. The van der Waals surface area contributed by atoms with Gasteiger partial charge in [-0.15, -0.1) is 0 Å². The third kappa shape index (κ3) is 2.74. The molecule has 1 heterocycles. The highest BCUT2D eigenvalue weighted by Crippen LogP contribution is 2.39. The summed E-state index contributed by atoms with van der Waals surface area (Å²) in [7, 11) is 0. The van der Waals surface area contributed by atoms with Crippen molar-refractivity contribution in [2.24, 2.45) is 4.99 Å². The molecule has 0 aliphatic carbocycles. The Morgan fingerprint density at radius 1 is 1.00 bits per heavy atom. The van der Waals surface area contributed by atoms with Crippen molar-refractivity contribution in [2.45, 2.75) is 6.18 Å². The second kappa shape index (κ2) is 5.07. The van der Waals surface area contributed by atoms with Gasteiger partial charge in [-0.2, -0.15) is 13.2 Å². The lowest BCUT2D eigenvalue weighted by atomic mass is 10.1. The smallest absolute Gasteiger partial charge is 0.334 e. The van der Waals surface area contributed by atoms with Crippen molar-refractivity contribution in [3.63, 3.8) is 0 Å². The Morgan fingerprint density at radius 2 is 1.67 bits per heavy atom. The van der Waals surface area contributed by atoms with E-state index in [1.54, 1.807) is 53.4 Å². The van der Waals surface area contributed by atoms with Crippen molar-refractivity contribution in [3.05, 3.63) is 53.6 Å². The summed E-state index contributed by atoms with van der Waals surface area (Å²) in [6.45, 7) is -0.317. The van der Waals surface area contributed by atoms with E-state index >= 15 is 0 Å². The maximum Gasteiger partial charge on any atom is 0.431 e. The molecule has 108 valence electrons. The number of hydrogen-bond donors (Lipinski definition) is 0. The van der Waals surface area contributed by atoms with Crippen molar-refractivity contribution in [3.8, 4) is 0 Å². The predicted molar refractivity (Wildman–Crippen MR) is 78.1 cm³/mol. The van der Waals surface area contributed by atoms with E-state index < -0.39 is 11.9 Å². The third-order valence-electron chi connectivity index (χ3n) is 3.20. The highest BCUT2D eigenvalue weighted by atomic mass is 35.5. The van der Waals surface area contributed by atoms with Crippen molar-refractivity contribution in [1.82, 2.24) is 0 Å². The van der Waals surface area contributed by atoms with Crippen LogP contribution < -0.4 is 4.90 Å². The van der Waals surface area contributed by atoms with Crippen LogP contribution >= 0.6 is 11.6 Å². The molecule has 1 aliphatic heterocycles. The van der Waals surface area contributed by atoms with Crippen LogP contribution in [0.25, 0.3) is 0 Å². The molecule has 0 saturated heterocycles. The molecular formula is C15H10ClF3N2. The highest BCUT2D eigenvalue weighted by Gasteiger charge is 2.39. The Kier molecular flexibility index (Phi) is 3.37. The van der Waals surface area contributed by atoms with Gasteiger partial charge in [-0.1, -0.05) is 23.7 Å². The van der Waals surface area contributed by atoms with Gasteiger partial charge in [0.2, 0.25) is 0 Å². The van der Waals surface area contributed by atoms with Crippen molar-refractivity contribution in [2.75, 3.05) is 11.4 Å². The SMILES string of the molecule is FC(F)(F)C1=Nc2ccccc2N(c2ccc(Cl)cc2)C1. The van der Waals surface area contributed by atoms with Crippen LogP contribution in [0.3, 0.4) is 0 Å². The van der Waals surface area contributed by atoms with Crippen LogP contribution in [-0.4, -0.2) is 18.4 Å². The summed E-state index contributed by atoms with van der Waals surface area (Å²) in [5.41, 5.74) is 0.790. The van der Waals surface area contributed by atoms with Gasteiger partial charge in [0, 0.05) is 10.7 Å². The van der Waals surface area contributed by atoms with Crippen LogP contribution in [0.1, 0.15) is 0 Å². The zero-order valence-electron chi connectivity index (χ0n) is 10.7. The average molecular weight is 311 g/mol. The van der Waals surface area contributed by atoms with Crippen LogP contribution in [0, 0.1) is 0 Å². The quantitative estimate of drug-likeness (QED) is 0.713. The number of anilines is 2. The van der Waals surface area contributed by atoms with E-state index in [-0.39, 0.29) is 6.54 Å². The Bertz CT molecular complexity index is 693. The van der Waals surface area contributed by atoms with Crippen molar-refractivity contribution in [1.29, 1.82) is 0 Å². The fraction of sp³-hybridized carbons (Fsp3) is 0.133. The number of fused-ring (bicyclic) bond motifs is 1. The first-order chi connectivity index (χ1) is 9.95. The summed E-state index contributed by atoms with van der Waals surface area (Å²) in [6.07, 6.45) is -4.45. The Labute approximate surface area is 124 Å². The molecule has 0 N–H and O–H groups in total. The van der Waals surface area contributed by atoms with Gasteiger partial charge in [-0.25, -0.2) is 4.99 Å². The molecule has 0 saturated carbocycles. The molecule has 0 bridgehead atoms. The molecule has 1 aliphatic rings. The number of benzene rings is 2. The summed E-state index contributed by atoms with van der Waals surface area (Å²) in [6, 6.07) is 13.5. The Balaban J connectivity index is 2.10. The van der Waals surface area contributed by atoms with Crippen molar-refractivity contribution >= 4 is 34.4 Å². The minimum atomic E-state index is -4.45. The fourth-order valence-corrected chi connectivity index (χ4v) is 2.33. The van der Waals surface area contributed by atoms with Gasteiger partial charge in [0.25, 0.3) is 0 Å². The first-order valence-corrected chi connectivity index (χ1v) is 6.60. The summed E-state index contributed by atoms with van der Waals surface area (Å²) in [5, 5.41) is 0.536. The molecule has 0 atom stereocenters. The normalized spacial score (nSPS) is 14.7. The average Bonchev–Trinajstić information content (AvgIpc) is 2.46. The lowest BCUT2D eigenvalue weighted by Crippen LogP contribution is -2.37. The minimum Gasteiger partial charge on any atom is -0.334 e. The molecule has 3 rings (SSSR count). The molecule has 2 nitrogen and oxygen atoms in total. The highest BCUT2D eigenvalue weighted by molar-refractivity contribution is 6.30. The van der Waals surface area contributed by atoms with Gasteiger partial charge in [-0.05, 0) is 36.4 Å². The molecule has 2 aromatic carbocycles. The molecule has 0 fully saturated rings. The minimum absolute atomic E-state index is 0.311. The summed E-state index contributed by atoms with van der Waals surface area (Å²) in [4.78, 5) is 5.32. The third-order valence-corrected chi connectivity index (χ3v) is 3.45. The Morgan fingerprint density at radius 3 is 2.33 bits per heavy atom. The molecule has 6 heteroatoms. The van der Waals surface area contributed by atoms with Crippen LogP contribution in [0.15, 0.2) is 53.5 Å². The maximum absolute atomic E-state index is 13.0. The second-order valence-electron chi connectivity index (χ2n) is 4.61. The number of halogens is 4. The summed E-state index contributed by atoms with van der Waals surface area (Å²) >= 11 is 5.83. The first kappa shape index (κ1) is 13.9. The molecule has 0 radical (unpaired) electrons. The first-order valence-electron chi connectivity index (χ1n) is 6.22. The number of aliphatic imine (C=N–C) groups is 1.